The largest absolute Gasteiger partial charge is 0.496 e. The predicted octanol–water partition coefficient (Wildman–Crippen LogP) is 2.37. The molecule has 1 aliphatic heterocycles. The van der Waals surface area contributed by atoms with Crippen LogP contribution < -0.4 is 10.1 Å². The van der Waals surface area contributed by atoms with Gasteiger partial charge in [-0.25, -0.2) is 0 Å². The molecule has 1 fully saturated rings. The zero-order valence-corrected chi connectivity index (χ0v) is 11.8. The molecule has 1 aliphatic rings. The van der Waals surface area contributed by atoms with Crippen molar-refractivity contribution in [3.05, 3.63) is 28.2 Å². The van der Waals surface area contributed by atoms with Gasteiger partial charge >= 0.3 is 0 Å². The van der Waals surface area contributed by atoms with E-state index < -0.39 is 0 Å². The predicted molar refractivity (Wildman–Crippen MR) is 72.0 cm³/mol. The first-order valence-electron chi connectivity index (χ1n) is 5.93. The number of benzene rings is 1. The highest BCUT2D eigenvalue weighted by Crippen LogP contribution is 2.25. The van der Waals surface area contributed by atoms with Crippen molar-refractivity contribution in [2.24, 2.45) is 0 Å². The Morgan fingerprint density at radius 1 is 1.56 bits per heavy atom. The molecule has 98 valence electrons. The van der Waals surface area contributed by atoms with Crippen LogP contribution in [0.3, 0.4) is 0 Å². The van der Waals surface area contributed by atoms with Gasteiger partial charge in [0.05, 0.1) is 24.2 Å². The number of rotatable bonds is 3. The summed E-state index contributed by atoms with van der Waals surface area (Å²) in [6.07, 6.45) is 1.97. The Morgan fingerprint density at radius 2 is 2.39 bits per heavy atom. The van der Waals surface area contributed by atoms with Crippen LogP contribution in [0, 0.1) is 0 Å². The van der Waals surface area contributed by atoms with Crippen LogP contribution >= 0.6 is 15.9 Å². The molecule has 0 aliphatic carbocycles. The monoisotopic (exact) mass is 313 g/mol. The fraction of sp³-hybridized carbons (Fsp3) is 0.462. The number of carbonyl (C=O) groups excluding carboxylic acids is 1. The lowest BCUT2D eigenvalue weighted by atomic mass is 10.1. The lowest BCUT2D eigenvalue weighted by Gasteiger charge is -2.23. The first kappa shape index (κ1) is 13.4. The van der Waals surface area contributed by atoms with Crippen LogP contribution in [0.2, 0.25) is 0 Å². The molecule has 1 unspecified atom stereocenters. The van der Waals surface area contributed by atoms with Crippen molar-refractivity contribution >= 4 is 21.8 Å². The highest BCUT2D eigenvalue weighted by molar-refractivity contribution is 9.10. The molecule has 0 bridgehead atoms. The normalized spacial score (nSPS) is 19.3. The van der Waals surface area contributed by atoms with Crippen molar-refractivity contribution in [3.63, 3.8) is 0 Å². The van der Waals surface area contributed by atoms with E-state index in [1.54, 1.807) is 25.3 Å². The van der Waals surface area contributed by atoms with E-state index in [1.807, 2.05) is 0 Å². The van der Waals surface area contributed by atoms with Gasteiger partial charge in [-0.3, -0.25) is 4.79 Å². The van der Waals surface area contributed by atoms with E-state index in [0.29, 0.717) is 17.9 Å². The second-order valence-corrected chi connectivity index (χ2v) is 5.09. The molecule has 1 amide bonds. The van der Waals surface area contributed by atoms with Crippen molar-refractivity contribution in [1.29, 1.82) is 0 Å². The summed E-state index contributed by atoms with van der Waals surface area (Å²) in [5.74, 6) is 0.640. The molecule has 1 aromatic carbocycles. The second kappa shape index (κ2) is 6.20. The molecule has 0 radical (unpaired) electrons. The molecule has 4 nitrogen and oxygen atoms in total. The molecule has 1 heterocycles. The number of methoxy groups -OCH3 is 1. The molecule has 0 aromatic heterocycles. The Hall–Kier alpha value is -1.07. The third-order valence-corrected chi connectivity index (χ3v) is 3.53. The van der Waals surface area contributed by atoms with Gasteiger partial charge in [0.15, 0.2) is 0 Å². The molecule has 0 saturated carbocycles. The fourth-order valence-corrected chi connectivity index (χ4v) is 2.47. The lowest BCUT2D eigenvalue weighted by Crippen LogP contribution is -2.40. The van der Waals surface area contributed by atoms with Crippen molar-refractivity contribution in [1.82, 2.24) is 5.32 Å². The molecule has 0 spiro atoms. The Morgan fingerprint density at radius 3 is 3.00 bits per heavy atom. The summed E-state index contributed by atoms with van der Waals surface area (Å²) in [6, 6.07) is 5.41. The van der Waals surface area contributed by atoms with Crippen LogP contribution in [0.25, 0.3) is 0 Å². The molecule has 18 heavy (non-hydrogen) atoms. The van der Waals surface area contributed by atoms with Crippen molar-refractivity contribution in [2.75, 3.05) is 20.3 Å². The number of ether oxygens (including phenoxy) is 2. The molecule has 1 saturated heterocycles. The van der Waals surface area contributed by atoms with Crippen molar-refractivity contribution in [3.8, 4) is 5.75 Å². The Bertz CT molecular complexity index is 430. The van der Waals surface area contributed by atoms with Crippen LogP contribution in [0.1, 0.15) is 23.2 Å². The quantitative estimate of drug-likeness (QED) is 0.932. The number of amides is 1. The molecule has 1 atom stereocenters. The summed E-state index contributed by atoms with van der Waals surface area (Å²) in [6.45, 7) is 1.39. The number of halogens is 1. The van der Waals surface area contributed by atoms with E-state index in [4.69, 9.17) is 9.47 Å². The SMILES string of the molecule is COc1ccc(C(=O)NC2CCCOC2)cc1Br. The Labute approximate surface area is 115 Å². The Balaban J connectivity index is 2.01. The summed E-state index contributed by atoms with van der Waals surface area (Å²) < 4.78 is 11.2. The van der Waals surface area contributed by atoms with Gasteiger partial charge in [-0.15, -0.1) is 0 Å². The van der Waals surface area contributed by atoms with Crippen LogP contribution in [0.4, 0.5) is 0 Å². The third kappa shape index (κ3) is 3.23. The first-order chi connectivity index (χ1) is 8.70. The smallest absolute Gasteiger partial charge is 0.251 e. The van der Waals surface area contributed by atoms with E-state index in [2.05, 4.69) is 21.2 Å². The summed E-state index contributed by atoms with van der Waals surface area (Å²) in [5.41, 5.74) is 0.619. The van der Waals surface area contributed by atoms with Crippen LogP contribution in [-0.2, 0) is 4.74 Å². The maximum absolute atomic E-state index is 12.0. The van der Waals surface area contributed by atoms with Crippen LogP contribution in [0.5, 0.6) is 5.75 Å². The average molecular weight is 314 g/mol. The van der Waals surface area contributed by atoms with Crippen molar-refractivity contribution in [2.45, 2.75) is 18.9 Å². The highest BCUT2D eigenvalue weighted by Gasteiger charge is 2.17. The summed E-state index contributed by atoms with van der Waals surface area (Å²) >= 11 is 3.37. The number of hydrogen-bond donors (Lipinski definition) is 1. The minimum absolute atomic E-state index is 0.0751. The van der Waals surface area contributed by atoms with E-state index in [1.165, 1.54) is 0 Å². The van der Waals surface area contributed by atoms with Crippen LogP contribution in [0.15, 0.2) is 22.7 Å². The standard InChI is InChI=1S/C13H16BrNO3/c1-17-12-5-4-9(7-11(12)14)13(16)15-10-3-2-6-18-8-10/h4-5,7,10H,2-3,6,8H2,1H3,(H,15,16). The fourth-order valence-electron chi connectivity index (χ4n) is 1.93. The third-order valence-electron chi connectivity index (χ3n) is 2.91. The summed E-state index contributed by atoms with van der Waals surface area (Å²) in [4.78, 5) is 12.0. The van der Waals surface area contributed by atoms with Gasteiger partial charge in [0.25, 0.3) is 5.91 Å². The van der Waals surface area contributed by atoms with E-state index in [-0.39, 0.29) is 11.9 Å². The summed E-state index contributed by atoms with van der Waals surface area (Å²) in [5, 5.41) is 2.97. The van der Waals surface area contributed by atoms with Gasteiger partial charge in [0.2, 0.25) is 0 Å². The summed E-state index contributed by atoms with van der Waals surface area (Å²) in [7, 11) is 1.60. The maximum atomic E-state index is 12.0. The van der Waals surface area contributed by atoms with Gasteiger partial charge in [-0.05, 0) is 47.0 Å². The van der Waals surface area contributed by atoms with Gasteiger partial charge in [0.1, 0.15) is 5.75 Å². The van der Waals surface area contributed by atoms with Crippen molar-refractivity contribution < 1.29 is 14.3 Å². The topological polar surface area (TPSA) is 47.6 Å². The molecule has 2 rings (SSSR count). The van der Waals surface area contributed by atoms with Gasteiger partial charge in [-0.2, -0.15) is 0 Å². The minimum Gasteiger partial charge on any atom is -0.496 e. The van der Waals surface area contributed by atoms with Gasteiger partial charge in [-0.1, -0.05) is 0 Å². The van der Waals surface area contributed by atoms with Crippen LogP contribution in [-0.4, -0.2) is 32.3 Å². The van der Waals surface area contributed by atoms with Gasteiger partial charge < -0.3 is 14.8 Å². The Kier molecular flexibility index (Phi) is 4.60. The molecule has 1 N–H and O–H groups in total. The minimum atomic E-state index is -0.0751. The van der Waals surface area contributed by atoms with E-state index in [9.17, 15) is 4.79 Å². The second-order valence-electron chi connectivity index (χ2n) is 4.24. The lowest BCUT2D eigenvalue weighted by molar-refractivity contribution is 0.0624. The van der Waals surface area contributed by atoms with Gasteiger partial charge in [0, 0.05) is 12.2 Å². The maximum Gasteiger partial charge on any atom is 0.251 e. The molecular formula is C13H16BrNO3. The molecular weight excluding hydrogens is 298 g/mol. The van der Waals surface area contributed by atoms with E-state index in [0.717, 1.165) is 23.9 Å². The average Bonchev–Trinajstić information content (AvgIpc) is 2.39. The molecule has 5 heteroatoms. The first-order valence-corrected chi connectivity index (χ1v) is 6.72. The zero-order chi connectivity index (χ0) is 13.0. The van der Waals surface area contributed by atoms with E-state index >= 15 is 0 Å². The highest BCUT2D eigenvalue weighted by atomic mass is 79.9. The number of nitrogens with one attached hydrogen (secondary N) is 1. The number of hydrogen-bond acceptors (Lipinski definition) is 3. The molecule has 1 aromatic rings. The number of carbonyl (C=O) groups is 1. The zero-order valence-electron chi connectivity index (χ0n) is 10.2.